The van der Waals surface area contributed by atoms with Crippen LogP contribution in [0, 0.1) is 17.8 Å². The third-order valence-corrected chi connectivity index (χ3v) is 3.49. The SMILES string of the molecule is CC(C)C1CC(CNC2CC2)C1. The predicted molar refractivity (Wildman–Crippen MR) is 52.1 cm³/mol. The first kappa shape index (κ1) is 8.55. The fraction of sp³-hybridized carbons (Fsp3) is 1.00. The molecule has 2 aliphatic rings. The lowest BCUT2D eigenvalue weighted by Crippen LogP contribution is -2.36. The van der Waals surface area contributed by atoms with Gasteiger partial charge in [0, 0.05) is 6.04 Å². The Kier molecular flexibility index (Phi) is 2.40. The van der Waals surface area contributed by atoms with Crippen LogP contribution in [0.15, 0.2) is 0 Å². The van der Waals surface area contributed by atoms with Crippen molar-refractivity contribution in [1.29, 1.82) is 0 Å². The molecule has 0 aromatic rings. The summed E-state index contributed by atoms with van der Waals surface area (Å²) in [6, 6.07) is 0.906. The monoisotopic (exact) mass is 167 g/mol. The zero-order valence-corrected chi connectivity index (χ0v) is 8.34. The van der Waals surface area contributed by atoms with Crippen LogP contribution in [0.1, 0.15) is 39.5 Å². The third kappa shape index (κ3) is 2.01. The van der Waals surface area contributed by atoms with Gasteiger partial charge in [0.25, 0.3) is 0 Å². The Labute approximate surface area is 75.9 Å². The van der Waals surface area contributed by atoms with Gasteiger partial charge in [-0.1, -0.05) is 13.8 Å². The Balaban J connectivity index is 1.55. The van der Waals surface area contributed by atoms with Crippen molar-refractivity contribution in [2.75, 3.05) is 6.54 Å². The fourth-order valence-electron chi connectivity index (χ4n) is 2.12. The maximum absolute atomic E-state index is 3.62. The van der Waals surface area contributed by atoms with E-state index >= 15 is 0 Å². The summed E-state index contributed by atoms with van der Waals surface area (Å²) < 4.78 is 0. The van der Waals surface area contributed by atoms with Crippen LogP contribution in [0.5, 0.6) is 0 Å². The van der Waals surface area contributed by atoms with E-state index in [9.17, 15) is 0 Å². The highest BCUT2D eigenvalue weighted by Crippen LogP contribution is 2.38. The lowest BCUT2D eigenvalue weighted by Gasteiger charge is -2.38. The van der Waals surface area contributed by atoms with Crippen LogP contribution in [-0.2, 0) is 0 Å². The molecule has 0 aromatic carbocycles. The number of nitrogens with one attached hydrogen (secondary N) is 1. The maximum Gasteiger partial charge on any atom is 0.00683 e. The Bertz CT molecular complexity index is 140. The van der Waals surface area contributed by atoms with Crippen molar-refractivity contribution in [3.05, 3.63) is 0 Å². The zero-order chi connectivity index (χ0) is 8.55. The van der Waals surface area contributed by atoms with Crippen molar-refractivity contribution in [3.8, 4) is 0 Å². The van der Waals surface area contributed by atoms with Gasteiger partial charge in [0.05, 0.1) is 0 Å². The smallest absolute Gasteiger partial charge is 0.00683 e. The predicted octanol–water partition coefficient (Wildman–Crippen LogP) is 2.42. The van der Waals surface area contributed by atoms with Crippen molar-refractivity contribution in [2.24, 2.45) is 17.8 Å². The van der Waals surface area contributed by atoms with Gasteiger partial charge < -0.3 is 5.32 Å². The fourth-order valence-corrected chi connectivity index (χ4v) is 2.12. The second kappa shape index (κ2) is 3.37. The van der Waals surface area contributed by atoms with Crippen molar-refractivity contribution < 1.29 is 0 Å². The third-order valence-electron chi connectivity index (χ3n) is 3.49. The quantitative estimate of drug-likeness (QED) is 0.678. The molecule has 0 saturated heterocycles. The largest absolute Gasteiger partial charge is 0.314 e. The van der Waals surface area contributed by atoms with E-state index in [1.165, 1.54) is 32.2 Å². The Morgan fingerprint density at radius 2 is 1.92 bits per heavy atom. The molecule has 2 rings (SSSR count). The summed E-state index contributed by atoms with van der Waals surface area (Å²) in [5.41, 5.74) is 0. The van der Waals surface area contributed by atoms with Crippen LogP contribution in [0.3, 0.4) is 0 Å². The topological polar surface area (TPSA) is 12.0 Å². The van der Waals surface area contributed by atoms with Crippen molar-refractivity contribution in [3.63, 3.8) is 0 Å². The molecule has 0 spiro atoms. The molecule has 0 bridgehead atoms. The van der Waals surface area contributed by atoms with Gasteiger partial charge in [-0.2, -0.15) is 0 Å². The van der Waals surface area contributed by atoms with Gasteiger partial charge >= 0.3 is 0 Å². The molecule has 2 fully saturated rings. The highest BCUT2D eigenvalue weighted by atomic mass is 14.9. The molecule has 0 aromatic heterocycles. The molecule has 2 saturated carbocycles. The minimum Gasteiger partial charge on any atom is -0.314 e. The maximum atomic E-state index is 3.62. The lowest BCUT2D eigenvalue weighted by molar-refractivity contribution is 0.139. The summed E-state index contributed by atoms with van der Waals surface area (Å²) in [4.78, 5) is 0. The van der Waals surface area contributed by atoms with Crippen LogP contribution in [0.4, 0.5) is 0 Å². The molecular weight excluding hydrogens is 146 g/mol. The molecule has 0 heterocycles. The van der Waals surface area contributed by atoms with Gasteiger partial charge in [-0.3, -0.25) is 0 Å². The number of hydrogen-bond donors (Lipinski definition) is 1. The van der Waals surface area contributed by atoms with Gasteiger partial charge in [-0.15, -0.1) is 0 Å². The molecule has 0 atom stereocenters. The molecule has 12 heavy (non-hydrogen) atoms. The van der Waals surface area contributed by atoms with Crippen LogP contribution in [-0.4, -0.2) is 12.6 Å². The van der Waals surface area contributed by atoms with Gasteiger partial charge in [-0.25, -0.2) is 0 Å². The Morgan fingerprint density at radius 3 is 2.42 bits per heavy atom. The van der Waals surface area contributed by atoms with E-state index in [0.717, 1.165) is 23.8 Å². The minimum atomic E-state index is 0.906. The van der Waals surface area contributed by atoms with Gasteiger partial charge in [0.2, 0.25) is 0 Å². The second-order valence-electron chi connectivity index (χ2n) is 5.02. The van der Waals surface area contributed by atoms with Crippen molar-refractivity contribution in [1.82, 2.24) is 5.32 Å². The van der Waals surface area contributed by atoms with E-state index in [1.54, 1.807) is 0 Å². The Hall–Kier alpha value is -0.0400. The molecule has 0 unspecified atom stereocenters. The van der Waals surface area contributed by atoms with Crippen LogP contribution in [0.25, 0.3) is 0 Å². The summed E-state index contributed by atoms with van der Waals surface area (Å²) >= 11 is 0. The van der Waals surface area contributed by atoms with Crippen molar-refractivity contribution in [2.45, 2.75) is 45.6 Å². The molecule has 2 aliphatic carbocycles. The molecule has 1 nitrogen and oxygen atoms in total. The molecule has 0 amide bonds. The summed E-state index contributed by atoms with van der Waals surface area (Å²) in [6.07, 6.45) is 5.83. The molecule has 1 heteroatoms. The lowest BCUT2D eigenvalue weighted by atomic mass is 9.69. The van der Waals surface area contributed by atoms with Crippen LogP contribution < -0.4 is 5.32 Å². The number of hydrogen-bond acceptors (Lipinski definition) is 1. The Morgan fingerprint density at radius 1 is 1.25 bits per heavy atom. The van der Waals surface area contributed by atoms with E-state index in [-0.39, 0.29) is 0 Å². The van der Waals surface area contributed by atoms with Crippen LogP contribution >= 0.6 is 0 Å². The standard InChI is InChI=1S/C11H21N/c1-8(2)10-5-9(6-10)7-12-11-3-4-11/h8-12H,3-7H2,1-2H3. The summed E-state index contributed by atoms with van der Waals surface area (Å²) in [5, 5.41) is 3.62. The summed E-state index contributed by atoms with van der Waals surface area (Å²) in [6.45, 7) is 6.01. The van der Waals surface area contributed by atoms with Gasteiger partial charge in [0.1, 0.15) is 0 Å². The first-order valence-corrected chi connectivity index (χ1v) is 5.49. The van der Waals surface area contributed by atoms with E-state index < -0.39 is 0 Å². The molecule has 1 N–H and O–H groups in total. The molecule has 0 radical (unpaired) electrons. The molecule has 0 aliphatic heterocycles. The van der Waals surface area contributed by atoms with Gasteiger partial charge in [0.15, 0.2) is 0 Å². The average Bonchev–Trinajstić information content (AvgIpc) is 2.66. The van der Waals surface area contributed by atoms with E-state index in [2.05, 4.69) is 19.2 Å². The van der Waals surface area contributed by atoms with Crippen molar-refractivity contribution >= 4 is 0 Å². The van der Waals surface area contributed by atoms with Crippen LogP contribution in [0.2, 0.25) is 0 Å². The van der Waals surface area contributed by atoms with E-state index in [4.69, 9.17) is 0 Å². The minimum absolute atomic E-state index is 0.906. The zero-order valence-electron chi connectivity index (χ0n) is 8.34. The van der Waals surface area contributed by atoms with E-state index in [1.807, 2.05) is 0 Å². The van der Waals surface area contributed by atoms with E-state index in [0.29, 0.717) is 0 Å². The average molecular weight is 167 g/mol. The highest BCUT2D eigenvalue weighted by molar-refractivity contribution is 4.87. The second-order valence-corrected chi connectivity index (χ2v) is 5.02. The summed E-state index contributed by atoms with van der Waals surface area (Å²) in [7, 11) is 0. The summed E-state index contributed by atoms with van der Waals surface area (Å²) in [5.74, 6) is 2.97. The normalized spacial score (nSPS) is 35.2. The first-order valence-electron chi connectivity index (χ1n) is 5.49. The molecular formula is C11H21N. The first-order chi connectivity index (χ1) is 5.75. The number of rotatable bonds is 4. The van der Waals surface area contributed by atoms with Gasteiger partial charge in [-0.05, 0) is 50.0 Å². The highest BCUT2D eigenvalue weighted by Gasteiger charge is 2.32. The molecule has 70 valence electrons.